The zero-order valence-electron chi connectivity index (χ0n) is 21.5. The highest BCUT2D eigenvalue weighted by atomic mass is 16.6. The van der Waals surface area contributed by atoms with Gasteiger partial charge in [-0.15, -0.1) is 0 Å². The lowest BCUT2D eigenvalue weighted by Crippen LogP contribution is -2.53. The molecule has 0 N–H and O–H groups in total. The van der Waals surface area contributed by atoms with Gasteiger partial charge in [-0.05, 0) is 80.1 Å². The molecule has 0 aromatic heterocycles. The number of carbonyl (C=O) groups is 3. The van der Waals surface area contributed by atoms with E-state index in [0.29, 0.717) is 12.8 Å². The first kappa shape index (κ1) is 28.6. The molecule has 0 spiro atoms. The fourth-order valence-electron chi connectivity index (χ4n) is 3.61. The third-order valence-corrected chi connectivity index (χ3v) is 5.61. The minimum atomic E-state index is -1.43. The van der Waals surface area contributed by atoms with Crippen molar-refractivity contribution in [1.29, 1.82) is 0 Å². The summed E-state index contributed by atoms with van der Waals surface area (Å²) < 4.78 is 11.3. The van der Waals surface area contributed by atoms with Crippen LogP contribution in [0.1, 0.15) is 109 Å². The molecule has 0 fully saturated rings. The molecule has 0 bridgehead atoms. The van der Waals surface area contributed by atoms with Crippen LogP contribution in [0.3, 0.4) is 0 Å². The second kappa shape index (κ2) is 10.3. The molecule has 0 saturated heterocycles. The van der Waals surface area contributed by atoms with E-state index >= 15 is 0 Å². The summed E-state index contributed by atoms with van der Waals surface area (Å²) in [5.74, 6) is -1.30. The van der Waals surface area contributed by atoms with E-state index in [4.69, 9.17) is 9.47 Å². The summed E-state index contributed by atoms with van der Waals surface area (Å²) in [6, 6.07) is 0. The molecule has 0 aromatic rings. The highest BCUT2D eigenvalue weighted by Crippen LogP contribution is 2.43. The summed E-state index contributed by atoms with van der Waals surface area (Å²) in [6.45, 7) is 22.0. The monoisotopic (exact) mass is 426 g/mol. The lowest BCUT2D eigenvalue weighted by Gasteiger charge is -2.39. The highest BCUT2D eigenvalue weighted by Gasteiger charge is 2.56. The Morgan fingerprint density at radius 3 is 1.10 bits per heavy atom. The van der Waals surface area contributed by atoms with Crippen molar-refractivity contribution in [2.24, 2.45) is 22.7 Å². The van der Waals surface area contributed by atoms with E-state index in [1.165, 1.54) is 0 Å². The van der Waals surface area contributed by atoms with Gasteiger partial charge in [0.2, 0.25) is 0 Å². The lowest BCUT2D eigenvalue weighted by molar-refractivity contribution is -0.180. The fraction of sp³-hybridized carbons (Fsp3) is 0.880. The molecule has 0 aliphatic carbocycles. The molecule has 0 saturated carbocycles. The standard InChI is InChI=1S/C25H46O5/c1-13-17(3)15-24(11,20(27)29-22(5,6)7)19(26)25(12,16-18(4)14-2)21(28)30-23(8,9)10/h17-18H,13-16H2,1-12H3. The molecule has 4 unspecified atom stereocenters. The number of Topliss-reactive ketones (excluding diaryl/α,β-unsaturated/α-hetero) is 1. The van der Waals surface area contributed by atoms with Gasteiger partial charge < -0.3 is 9.47 Å². The van der Waals surface area contributed by atoms with Gasteiger partial charge in [0, 0.05) is 0 Å². The van der Waals surface area contributed by atoms with Gasteiger partial charge >= 0.3 is 11.9 Å². The van der Waals surface area contributed by atoms with E-state index in [1.54, 1.807) is 55.4 Å². The van der Waals surface area contributed by atoms with Crippen molar-refractivity contribution < 1.29 is 23.9 Å². The SMILES string of the molecule is CCC(C)CC(C)(C(=O)OC(C)(C)C)C(=O)C(C)(CC(C)CC)C(=O)OC(C)(C)C. The zero-order chi connectivity index (χ0) is 24.1. The van der Waals surface area contributed by atoms with Crippen LogP contribution in [0.15, 0.2) is 0 Å². The second-order valence-electron chi connectivity index (χ2n) is 11.4. The molecule has 0 heterocycles. The third kappa shape index (κ3) is 8.03. The van der Waals surface area contributed by atoms with Crippen molar-refractivity contribution in [1.82, 2.24) is 0 Å². The van der Waals surface area contributed by atoms with Crippen LogP contribution in [-0.2, 0) is 23.9 Å². The predicted molar refractivity (Wildman–Crippen MR) is 121 cm³/mol. The summed E-state index contributed by atoms with van der Waals surface area (Å²) in [4.78, 5) is 40.6. The van der Waals surface area contributed by atoms with Crippen molar-refractivity contribution >= 4 is 17.7 Å². The molecule has 176 valence electrons. The lowest BCUT2D eigenvalue weighted by atomic mass is 9.64. The van der Waals surface area contributed by atoms with Crippen LogP contribution in [-0.4, -0.2) is 28.9 Å². The van der Waals surface area contributed by atoms with Crippen LogP contribution in [0.5, 0.6) is 0 Å². The number of rotatable bonds is 10. The summed E-state index contributed by atoms with van der Waals surface area (Å²) in [7, 11) is 0. The molecule has 0 aliphatic rings. The van der Waals surface area contributed by atoms with Gasteiger partial charge in [-0.2, -0.15) is 0 Å². The van der Waals surface area contributed by atoms with Crippen LogP contribution < -0.4 is 0 Å². The third-order valence-electron chi connectivity index (χ3n) is 5.61. The van der Waals surface area contributed by atoms with E-state index < -0.39 is 39.8 Å². The zero-order valence-corrected chi connectivity index (χ0v) is 21.5. The topological polar surface area (TPSA) is 69.7 Å². The Labute approximate surface area is 184 Å². The minimum absolute atomic E-state index is 0.123. The second-order valence-corrected chi connectivity index (χ2v) is 11.4. The van der Waals surface area contributed by atoms with Gasteiger partial charge in [-0.1, -0.05) is 40.5 Å². The van der Waals surface area contributed by atoms with Crippen LogP contribution in [0.4, 0.5) is 0 Å². The van der Waals surface area contributed by atoms with Crippen molar-refractivity contribution in [2.75, 3.05) is 0 Å². The molecule has 30 heavy (non-hydrogen) atoms. The number of esters is 2. The first-order valence-electron chi connectivity index (χ1n) is 11.3. The van der Waals surface area contributed by atoms with Gasteiger partial charge in [0.1, 0.15) is 22.0 Å². The average molecular weight is 427 g/mol. The highest BCUT2D eigenvalue weighted by molar-refractivity contribution is 6.14. The van der Waals surface area contributed by atoms with Gasteiger partial charge in [0.25, 0.3) is 0 Å². The Morgan fingerprint density at radius 2 is 0.900 bits per heavy atom. The molecule has 4 atom stereocenters. The van der Waals surface area contributed by atoms with Crippen LogP contribution in [0.2, 0.25) is 0 Å². The molecular weight excluding hydrogens is 380 g/mol. The van der Waals surface area contributed by atoms with Crippen LogP contribution in [0, 0.1) is 22.7 Å². The molecule has 0 aliphatic heterocycles. The molecule has 0 amide bonds. The number of ether oxygens (including phenoxy) is 2. The fourth-order valence-corrected chi connectivity index (χ4v) is 3.61. The Balaban J connectivity index is 6.43. The first-order chi connectivity index (χ1) is 13.3. The summed E-state index contributed by atoms with van der Waals surface area (Å²) in [5, 5.41) is 0. The van der Waals surface area contributed by atoms with E-state index in [9.17, 15) is 14.4 Å². The number of hydrogen-bond acceptors (Lipinski definition) is 5. The smallest absolute Gasteiger partial charge is 0.319 e. The summed E-state index contributed by atoms with van der Waals surface area (Å²) in [6.07, 6.45) is 2.30. The Bertz CT molecular complexity index is 558. The van der Waals surface area contributed by atoms with Crippen LogP contribution >= 0.6 is 0 Å². The van der Waals surface area contributed by atoms with E-state index in [2.05, 4.69) is 0 Å². The maximum Gasteiger partial charge on any atom is 0.319 e. The Morgan fingerprint density at radius 1 is 0.633 bits per heavy atom. The van der Waals surface area contributed by atoms with Crippen molar-refractivity contribution in [2.45, 2.75) is 120 Å². The molecule has 0 rings (SSSR count). The molecule has 5 heteroatoms. The molecular formula is C25H46O5. The van der Waals surface area contributed by atoms with Gasteiger partial charge in [-0.25, -0.2) is 0 Å². The predicted octanol–water partition coefficient (Wildman–Crippen LogP) is 6.12. The number of carbonyl (C=O) groups excluding carboxylic acids is 3. The summed E-state index contributed by atoms with van der Waals surface area (Å²) in [5.41, 5.74) is -4.32. The molecule has 0 aromatic carbocycles. The van der Waals surface area contributed by atoms with Gasteiger partial charge in [-0.3, -0.25) is 14.4 Å². The van der Waals surface area contributed by atoms with Crippen molar-refractivity contribution in [3.63, 3.8) is 0 Å². The van der Waals surface area contributed by atoms with Gasteiger partial charge in [0.15, 0.2) is 5.78 Å². The quantitative estimate of drug-likeness (QED) is 0.311. The summed E-state index contributed by atoms with van der Waals surface area (Å²) >= 11 is 0. The average Bonchev–Trinajstić information content (AvgIpc) is 2.57. The Hall–Kier alpha value is -1.39. The largest absolute Gasteiger partial charge is 0.459 e. The van der Waals surface area contributed by atoms with E-state index in [-0.39, 0.29) is 11.8 Å². The van der Waals surface area contributed by atoms with Crippen LogP contribution in [0.25, 0.3) is 0 Å². The number of ketones is 1. The molecule has 5 nitrogen and oxygen atoms in total. The van der Waals surface area contributed by atoms with E-state index in [1.807, 2.05) is 27.7 Å². The van der Waals surface area contributed by atoms with Gasteiger partial charge in [0.05, 0.1) is 0 Å². The molecule has 0 radical (unpaired) electrons. The maximum atomic E-state index is 14.0. The van der Waals surface area contributed by atoms with E-state index in [0.717, 1.165) is 12.8 Å². The minimum Gasteiger partial charge on any atom is -0.459 e. The normalized spacial score (nSPS) is 18.5. The van der Waals surface area contributed by atoms with Crippen molar-refractivity contribution in [3.8, 4) is 0 Å². The van der Waals surface area contributed by atoms with Crippen molar-refractivity contribution in [3.05, 3.63) is 0 Å². The first-order valence-corrected chi connectivity index (χ1v) is 11.3. The maximum absolute atomic E-state index is 14.0. The Kier molecular flexibility index (Phi) is 9.80. The number of hydrogen-bond donors (Lipinski definition) is 0.